The van der Waals surface area contributed by atoms with Gasteiger partial charge in [0.25, 0.3) is 0 Å². The molecular weight excluding hydrogens is 184 g/mol. The van der Waals surface area contributed by atoms with Crippen molar-refractivity contribution in [2.45, 2.75) is 58.4 Å². The van der Waals surface area contributed by atoms with Gasteiger partial charge < -0.3 is 5.73 Å². The highest BCUT2D eigenvalue weighted by Crippen LogP contribution is 2.34. The van der Waals surface area contributed by atoms with Gasteiger partial charge in [-0.05, 0) is 50.4 Å². The van der Waals surface area contributed by atoms with Gasteiger partial charge in [0.1, 0.15) is 0 Å². The third-order valence-electron chi connectivity index (χ3n) is 4.01. The van der Waals surface area contributed by atoms with E-state index in [0.29, 0.717) is 12.0 Å². The summed E-state index contributed by atoms with van der Waals surface area (Å²) in [7, 11) is 0. The Balaban J connectivity index is 1.81. The van der Waals surface area contributed by atoms with Crippen LogP contribution in [0.1, 0.15) is 52.4 Å². The van der Waals surface area contributed by atoms with E-state index in [0.717, 1.165) is 17.7 Å². The third-order valence-corrected chi connectivity index (χ3v) is 4.01. The molecule has 0 unspecified atom stereocenters. The van der Waals surface area contributed by atoms with Crippen molar-refractivity contribution < 1.29 is 0 Å². The van der Waals surface area contributed by atoms with Gasteiger partial charge in [-0.25, -0.2) is 0 Å². The summed E-state index contributed by atoms with van der Waals surface area (Å²) in [5, 5.41) is 0. The fraction of sp³-hybridized carbons (Fsp3) is 0.923. The molecule has 86 valence electrons. The molecule has 0 aromatic carbocycles. The summed E-state index contributed by atoms with van der Waals surface area (Å²) in [5.41, 5.74) is 6.06. The fourth-order valence-electron chi connectivity index (χ4n) is 2.60. The molecule has 0 aliphatic heterocycles. The Morgan fingerprint density at radius 3 is 2.13 bits per heavy atom. The van der Waals surface area contributed by atoms with E-state index in [4.69, 9.17) is 5.73 Å². The average molecular weight is 208 g/mol. The number of hydrogen-bond donors (Lipinski definition) is 1. The van der Waals surface area contributed by atoms with E-state index in [-0.39, 0.29) is 0 Å². The summed E-state index contributed by atoms with van der Waals surface area (Å²) >= 11 is 0. The van der Waals surface area contributed by atoms with Gasteiger partial charge in [-0.1, -0.05) is 13.8 Å². The Morgan fingerprint density at radius 1 is 1.07 bits per heavy atom. The van der Waals surface area contributed by atoms with Gasteiger partial charge in [0, 0.05) is 5.92 Å². The van der Waals surface area contributed by atoms with Crippen molar-refractivity contribution in [1.82, 2.24) is 0 Å². The first-order valence-corrected chi connectivity index (χ1v) is 6.50. The lowest BCUT2D eigenvalue weighted by Crippen LogP contribution is -2.29. The first kappa shape index (κ1) is 11.0. The van der Waals surface area contributed by atoms with Crippen LogP contribution in [0.15, 0.2) is 4.99 Å². The summed E-state index contributed by atoms with van der Waals surface area (Å²) in [6.07, 6.45) is 7.77. The van der Waals surface area contributed by atoms with E-state index in [9.17, 15) is 0 Å². The quantitative estimate of drug-likeness (QED) is 0.562. The zero-order chi connectivity index (χ0) is 10.8. The molecule has 0 radical (unpaired) electrons. The summed E-state index contributed by atoms with van der Waals surface area (Å²) in [5.74, 6) is 3.32. The lowest BCUT2D eigenvalue weighted by molar-refractivity contribution is 0.255. The summed E-state index contributed by atoms with van der Waals surface area (Å²) < 4.78 is 0. The SMILES string of the molecule is CC(C)C1CCC(C(N)=NC2CC2)CC1. The first-order chi connectivity index (χ1) is 7.16. The minimum absolute atomic E-state index is 0.591. The van der Waals surface area contributed by atoms with Crippen molar-refractivity contribution in [3.63, 3.8) is 0 Å². The van der Waals surface area contributed by atoms with E-state index in [1.54, 1.807) is 0 Å². The van der Waals surface area contributed by atoms with Crippen molar-refractivity contribution in [2.24, 2.45) is 28.5 Å². The Hall–Kier alpha value is -0.530. The normalized spacial score (nSPS) is 33.4. The van der Waals surface area contributed by atoms with E-state index in [1.807, 2.05) is 0 Å². The molecule has 2 heteroatoms. The zero-order valence-corrected chi connectivity index (χ0v) is 10.1. The largest absolute Gasteiger partial charge is 0.387 e. The van der Waals surface area contributed by atoms with Crippen LogP contribution in [0.2, 0.25) is 0 Å². The Kier molecular flexibility index (Phi) is 3.32. The Labute approximate surface area is 93.3 Å². The van der Waals surface area contributed by atoms with Crippen LogP contribution in [0.25, 0.3) is 0 Å². The van der Waals surface area contributed by atoms with Crippen LogP contribution >= 0.6 is 0 Å². The van der Waals surface area contributed by atoms with Gasteiger partial charge in [-0.2, -0.15) is 0 Å². The molecule has 2 nitrogen and oxygen atoms in total. The molecule has 2 fully saturated rings. The minimum Gasteiger partial charge on any atom is -0.387 e. The number of hydrogen-bond acceptors (Lipinski definition) is 1. The van der Waals surface area contributed by atoms with Crippen LogP contribution in [0, 0.1) is 17.8 Å². The summed E-state index contributed by atoms with van der Waals surface area (Å²) in [6.45, 7) is 4.68. The molecule has 2 rings (SSSR count). The molecule has 0 aromatic rings. The summed E-state index contributed by atoms with van der Waals surface area (Å²) in [6, 6.07) is 0.591. The number of rotatable bonds is 3. The first-order valence-electron chi connectivity index (χ1n) is 6.50. The lowest BCUT2D eigenvalue weighted by atomic mass is 9.76. The highest BCUT2D eigenvalue weighted by atomic mass is 14.9. The van der Waals surface area contributed by atoms with Crippen LogP contribution in [0.4, 0.5) is 0 Å². The second-order valence-corrected chi connectivity index (χ2v) is 5.64. The predicted octanol–water partition coefficient (Wildman–Crippen LogP) is 2.97. The molecule has 2 saturated carbocycles. The number of amidine groups is 1. The molecule has 2 aliphatic carbocycles. The van der Waals surface area contributed by atoms with Crippen LogP contribution in [-0.2, 0) is 0 Å². The number of nitrogens with zero attached hydrogens (tertiary/aromatic N) is 1. The van der Waals surface area contributed by atoms with Crippen LogP contribution in [0.5, 0.6) is 0 Å². The van der Waals surface area contributed by atoms with Gasteiger partial charge in [-0.3, -0.25) is 4.99 Å². The molecule has 0 atom stereocenters. The highest BCUT2D eigenvalue weighted by molar-refractivity contribution is 5.83. The maximum Gasteiger partial charge on any atom is 0.0971 e. The van der Waals surface area contributed by atoms with Crippen molar-refractivity contribution >= 4 is 5.84 Å². The van der Waals surface area contributed by atoms with Gasteiger partial charge in [0.05, 0.1) is 11.9 Å². The predicted molar refractivity (Wildman–Crippen MR) is 64.9 cm³/mol. The number of nitrogens with two attached hydrogens (primary N) is 1. The second-order valence-electron chi connectivity index (χ2n) is 5.64. The zero-order valence-electron chi connectivity index (χ0n) is 10.1. The second kappa shape index (κ2) is 4.54. The average Bonchev–Trinajstić information content (AvgIpc) is 3.02. The summed E-state index contributed by atoms with van der Waals surface area (Å²) in [4.78, 5) is 4.58. The smallest absolute Gasteiger partial charge is 0.0971 e. The maximum absolute atomic E-state index is 6.06. The Bertz CT molecular complexity index is 233. The molecule has 0 amide bonds. The highest BCUT2D eigenvalue weighted by Gasteiger charge is 2.27. The van der Waals surface area contributed by atoms with Gasteiger partial charge in [0.2, 0.25) is 0 Å². The van der Waals surface area contributed by atoms with Gasteiger partial charge in [0.15, 0.2) is 0 Å². The molecule has 0 heterocycles. The maximum atomic E-state index is 6.06. The lowest BCUT2D eigenvalue weighted by Gasteiger charge is -2.30. The van der Waals surface area contributed by atoms with Crippen molar-refractivity contribution in [1.29, 1.82) is 0 Å². The fourth-order valence-corrected chi connectivity index (χ4v) is 2.60. The van der Waals surface area contributed by atoms with E-state index in [2.05, 4.69) is 18.8 Å². The van der Waals surface area contributed by atoms with Crippen molar-refractivity contribution in [2.75, 3.05) is 0 Å². The molecule has 15 heavy (non-hydrogen) atoms. The molecule has 0 spiro atoms. The van der Waals surface area contributed by atoms with E-state index >= 15 is 0 Å². The molecule has 2 aliphatic rings. The van der Waals surface area contributed by atoms with Gasteiger partial charge >= 0.3 is 0 Å². The van der Waals surface area contributed by atoms with E-state index in [1.165, 1.54) is 38.5 Å². The molecule has 0 saturated heterocycles. The van der Waals surface area contributed by atoms with E-state index < -0.39 is 0 Å². The van der Waals surface area contributed by atoms with Crippen LogP contribution < -0.4 is 5.73 Å². The van der Waals surface area contributed by atoms with Crippen LogP contribution in [0.3, 0.4) is 0 Å². The molecule has 2 N–H and O–H groups in total. The monoisotopic (exact) mass is 208 g/mol. The molecule has 0 bridgehead atoms. The van der Waals surface area contributed by atoms with Gasteiger partial charge in [-0.15, -0.1) is 0 Å². The Morgan fingerprint density at radius 2 is 1.67 bits per heavy atom. The standard InChI is InChI=1S/C13H24N2/c1-9(2)10-3-5-11(6-4-10)13(14)15-12-7-8-12/h9-12H,3-8H2,1-2H3,(H2,14,15). The van der Waals surface area contributed by atoms with Crippen LogP contribution in [-0.4, -0.2) is 11.9 Å². The molecular formula is C13H24N2. The van der Waals surface area contributed by atoms with Crippen molar-refractivity contribution in [3.05, 3.63) is 0 Å². The number of aliphatic imine (C=N–C) groups is 1. The topological polar surface area (TPSA) is 38.4 Å². The van der Waals surface area contributed by atoms with Crippen molar-refractivity contribution in [3.8, 4) is 0 Å². The molecule has 0 aromatic heterocycles. The third kappa shape index (κ3) is 2.96. The minimum atomic E-state index is 0.591.